The Kier molecular flexibility index (Phi) is 5.75. The molecule has 0 aromatic rings. The van der Waals surface area contributed by atoms with E-state index in [0.717, 1.165) is 12.8 Å². The van der Waals surface area contributed by atoms with Gasteiger partial charge in [0.05, 0.1) is 0 Å². The number of carbonyl (C=O) groups is 3. The van der Waals surface area contributed by atoms with Crippen molar-refractivity contribution in [2.45, 2.75) is 45.1 Å². The van der Waals surface area contributed by atoms with Crippen molar-refractivity contribution in [3.05, 3.63) is 0 Å². The summed E-state index contributed by atoms with van der Waals surface area (Å²) in [5.41, 5.74) is 1.51. The highest BCUT2D eigenvalue weighted by molar-refractivity contribution is 5.85. The Morgan fingerprint density at radius 3 is 2.63 bits per heavy atom. The Bertz CT molecular complexity index is 358. The highest BCUT2D eigenvalue weighted by atomic mass is 16.5. The molecule has 3 N–H and O–H groups in total. The van der Waals surface area contributed by atoms with Crippen molar-refractivity contribution < 1.29 is 24.7 Å². The van der Waals surface area contributed by atoms with E-state index in [2.05, 4.69) is 0 Å². The van der Waals surface area contributed by atoms with Crippen LogP contribution in [0.4, 0.5) is 0 Å². The molecule has 0 spiro atoms. The second-order valence-corrected chi connectivity index (χ2v) is 4.86. The van der Waals surface area contributed by atoms with Gasteiger partial charge < -0.3 is 10.0 Å². The highest BCUT2D eigenvalue weighted by Crippen LogP contribution is 2.21. The van der Waals surface area contributed by atoms with Crippen LogP contribution in [0.3, 0.4) is 0 Å². The molecule has 2 amide bonds. The fourth-order valence-electron chi connectivity index (χ4n) is 2.26. The third-order valence-corrected chi connectivity index (χ3v) is 3.42. The largest absolute Gasteiger partial charge is 0.480 e. The Balaban J connectivity index is 2.58. The van der Waals surface area contributed by atoms with Gasteiger partial charge >= 0.3 is 5.97 Å². The normalized spacial score (nSPS) is 20.7. The summed E-state index contributed by atoms with van der Waals surface area (Å²) in [5.74, 6) is -2.20. The van der Waals surface area contributed by atoms with Crippen molar-refractivity contribution in [2.24, 2.45) is 5.92 Å². The maximum Gasteiger partial charge on any atom is 0.326 e. The lowest BCUT2D eigenvalue weighted by molar-refractivity contribution is -0.154. The first-order valence-corrected chi connectivity index (χ1v) is 6.43. The van der Waals surface area contributed by atoms with E-state index in [-0.39, 0.29) is 18.7 Å². The molecule has 1 saturated heterocycles. The van der Waals surface area contributed by atoms with E-state index in [0.29, 0.717) is 13.0 Å². The van der Waals surface area contributed by atoms with E-state index >= 15 is 0 Å². The van der Waals surface area contributed by atoms with E-state index < -0.39 is 23.8 Å². The molecule has 108 valence electrons. The predicted molar refractivity (Wildman–Crippen MR) is 65.3 cm³/mol. The molecule has 0 aromatic heterocycles. The Hall–Kier alpha value is -1.63. The number of hydroxylamine groups is 1. The van der Waals surface area contributed by atoms with Crippen LogP contribution in [0.2, 0.25) is 0 Å². The summed E-state index contributed by atoms with van der Waals surface area (Å²) in [5, 5.41) is 17.5. The summed E-state index contributed by atoms with van der Waals surface area (Å²) in [7, 11) is 0. The van der Waals surface area contributed by atoms with Crippen LogP contribution in [0.15, 0.2) is 0 Å². The molecule has 1 fully saturated rings. The highest BCUT2D eigenvalue weighted by Gasteiger charge is 2.33. The van der Waals surface area contributed by atoms with Crippen LogP contribution in [0.1, 0.15) is 39.0 Å². The lowest BCUT2D eigenvalue weighted by atomic mass is 9.97. The van der Waals surface area contributed by atoms with Gasteiger partial charge in [-0.15, -0.1) is 0 Å². The summed E-state index contributed by atoms with van der Waals surface area (Å²) in [4.78, 5) is 35.6. The smallest absolute Gasteiger partial charge is 0.326 e. The van der Waals surface area contributed by atoms with Gasteiger partial charge in [-0.25, -0.2) is 10.3 Å². The van der Waals surface area contributed by atoms with Crippen LogP contribution < -0.4 is 5.48 Å². The maximum absolute atomic E-state index is 12.2. The third kappa shape index (κ3) is 4.20. The average molecular weight is 272 g/mol. The van der Waals surface area contributed by atoms with E-state index in [1.165, 1.54) is 10.4 Å². The zero-order valence-corrected chi connectivity index (χ0v) is 11.0. The number of carbonyl (C=O) groups excluding carboxylic acids is 2. The van der Waals surface area contributed by atoms with Gasteiger partial charge in [-0.1, -0.05) is 6.92 Å². The van der Waals surface area contributed by atoms with Gasteiger partial charge in [-0.05, 0) is 25.7 Å². The molecule has 1 heterocycles. The van der Waals surface area contributed by atoms with Gasteiger partial charge in [0.15, 0.2) is 0 Å². The monoisotopic (exact) mass is 272 g/mol. The maximum atomic E-state index is 12.2. The molecule has 0 aromatic carbocycles. The van der Waals surface area contributed by atoms with Crippen molar-refractivity contribution in [1.82, 2.24) is 10.4 Å². The van der Waals surface area contributed by atoms with E-state index in [1.807, 2.05) is 0 Å². The fourth-order valence-corrected chi connectivity index (χ4v) is 2.26. The second-order valence-electron chi connectivity index (χ2n) is 4.86. The van der Waals surface area contributed by atoms with Gasteiger partial charge in [-0.3, -0.25) is 14.8 Å². The van der Waals surface area contributed by atoms with Crippen molar-refractivity contribution in [2.75, 3.05) is 6.54 Å². The van der Waals surface area contributed by atoms with Crippen molar-refractivity contribution in [3.63, 3.8) is 0 Å². The van der Waals surface area contributed by atoms with Crippen molar-refractivity contribution in [1.29, 1.82) is 0 Å². The number of nitrogens with zero attached hydrogens (tertiary/aromatic N) is 1. The number of carboxylic acid groups (broad SMARTS) is 1. The van der Waals surface area contributed by atoms with Crippen LogP contribution in [-0.2, 0) is 14.4 Å². The van der Waals surface area contributed by atoms with E-state index in [4.69, 9.17) is 10.3 Å². The number of piperidine rings is 1. The summed E-state index contributed by atoms with van der Waals surface area (Å²) in [6, 6.07) is -0.754. The minimum Gasteiger partial charge on any atom is -0.480 e. The van der Waals surface area contributed by atoms with E-state index in [9.17, 15) is 14.4 Å². The number of nitrogens with one attached hydrogen (secondary N) is 1. The minimum absolute atomic E-state index is 0.0367. The Morgan fingerprint density at radius 1 is 1.37 bits per heavy atom. The second kappa shape index (κ2) is 7.08. The standard InChI is InChI=1S/C12H20N2O5/c1-8(5-6-10(15)13-19)11(16)14-7-3-2-4-9(14)12(17)18/h8-9,19H,2-7H2,1H3,(H,13,15)(H,17,18). The number of rotatable bonds is 5. The first kappa shape index (κ1) is 15.4. The first-order valence-electron chi connectivity index (χ1n) is 6.43. The minimum atomic E-state index is -0.978. The average Bonchev–Trinajstić information content (AvgIpc) is 2.43. The van der Waals surface area contributed by atoms with Gasteiger partial charge in [0.2, 0.25) is 11.8 Å². The van der Waals surface area contributed by atoms with Crippen LogP contribution >= 0.6 is 0 Å². The lowest BCUT2D eigenvalue weighted by Crippen LogP contribution is -2.49. The number of hydrogen-bond donors (Lipinski definition) is 3. The Morgan fingerprint density at radius 2 is 2.05 bits per heavy atom. The summed E-state index contributed by atoms with van der Waals surface area (Å²) < 4.78 is 0. The molecule has 2 unspecified atom stereocenters. The number of hydrogen-bond acceptors (Lipinski definition) is 4. The van der Waals surface area contributed by atoms with Crippen LogP contribution in [0.5, 0.6) is 0 Å². The number of amides is 2. The SMILES string of the molecule is CC(CCC(=O)NO)C(=O)N1CCCCC1C(=O)O. The van der Waals surface area contributed by atoms with E-state index in [1.54, 1.807) is 6.92 Å². The van der Waals surface area contributed by atoms with Crippen LogP contribution in [0, 0.1) is 5.92 Å². The van der Waals surface area contributed by atoms with Gasteiger partial charge in [0, 0.05) is 18.9 Å². The van der Waals surface area contributed by atoms with Crippen LogP contribution in [0.25, 0.3) is 0 Å². The quantitative estimate of drug-likeness (QED) is 0.495. The van der Waals surface area contributed by atoms with Gasteiger partial charge in [-0.2, -0.15) is 0 Å². The van der Waals surface area contributed by atoms with Gasteiger partial charge in [0.25, 0.3) is 0 Å². The third-order valence-electron chi connectivity index (χ3n) is 3.42. The molecule has 0 radical (unpaired) electrons. The van der Waals surface area contributed by atoms with Crippen LogP contribution in [-0.4, -0.2) is 45.6 Å². The van der Waals surface area contributed by atoms with Crippen molar-refractivity contribution in [3.8, 4) is 0 Å². The summed E-state index contributed by atoms with van der Waals surface area (Å²) >= 11 is 0. The first-order chi connectivity index (χ1) is 8.97. The number of likely N-dealkylation sites (tertiary alicyclic amines) is 1. The molecule has 1 aliphatic rings. The number of aliphatic carboxylic acids is 1. The molecule has 0 saturated carbocycles. The molecule has 0 bridgehead atoms. The Labute approximate surface area is 111 Å². The lowest BCUT2D eigenvalue weighted by Gasteiger charge is -2.34. The molecule has 2 atom stereocenters. The zero-order valence-electron chi connectivity index (χ0n) is 11.0. The van der Waals surface area contributed by atoms with Gasteiger partial charge in [0.1, 0.15) is 6.04 Å². The molecular formula is C12H20N2O5. The topological polar surface area (TPSA) is 107 Å². The summed E-state index contributed by atoms with van der Waals surface area (Å²) in [6.45, 7) is 2.12. The number of carboxylic acids is 1. The molecule has 1 aliphatic heterocycles. The fraction of sp³-hybridized carbons (Fsp3) is 0.750. The zero-order chi connectivity index (χ0) is 14.4. The summed E-state index contributed by atoms with van der Waals surface area (Å²) in [6.07, 6.45) is 2.41. The molecular weight excluding hydrogens is 252 g/mol. The molecule has 7 nitrogen and oxygen atoms in total. The van der Waals surface area contributed by atoms with Crippen molar-refractivity contribution >= 4 is 17.8 Å². The molecule has 19 heavy (non-hydrogen) atoms. The molecule has 1 rings (SSSR count). The molecule has 0 aliphatic carbocycles. The molecule has 7 heteroatoms. The predicted octanol–water partition coefficient (Wildman–Crippen LogP) is 0.374.